The van der Waals surface area contributed by atoms with Crippen LogP contribution in [0.25, 0.3) is 0 Å². The van der Waals surface area contributed by atoms with Crippen molar-refractivity contribution in [1.82, 2.24) is 4.90 Å². The van der Waals surface area contributed by atoms with Crippen LogP contribution in [0.5, 0.6) is 0 Å². The largest absolute Gasteiger partial charge is 0.480 e. The maximum atomic E-state index is 11.2. The minimum atomic E-state index is -0.874. The highest BCUT2D eigenvalue weighted by atomic mass is 16.4. The van der Waals surface area contributed by atoms with Gasteiger partial charge in [-0.2, -0.15) is 0 Å². The number of hydrogen-bond acceptors (Lipinski definition) is 2. The number of carbonyl (C=O) groups excluding carboxylic acids is 1. The Morgan fingerprint density at radius 2 is 2.23 bits per heavy atom. The number of carbonyl (C=O) groups is 2. The minimum absolute atomic E-state index is 0.0111. The van der Waals surface area contributed by atoms with E-state index >= 15 is 0 Å². The summed E-state index contributed by atoms with van der Waals surface area (Å²) in [6.45, 7) is 3.83. The summed E-state index contributed by atoms with van der Waals surface area (Å²) in [4.78, 5) is 23.7. The lowest BCUT2D eigenvalue weighted by molar-refractivity contribution is -0.158. The molecule has 0 spiro atoms. The van der Waals surface area contributed by atoms with Crippen LogP contribution >= 0.6 is 0 Å². The van der Waals surface area contributed by atoms with Gasteiger partial charge in [0.05, 0.1) is 0 Å². The van der Waals surface area contributed by atoms with Crippen LogP contribution in [0.15, 0.2) is 0 Å². The molecule has 2 aliphatic heterocycles. The monoisotopic (exact) mass is 183 g/mol. The second kappa shape index (κ2) is 2.25. The number of nitrogens with zero attached hydrogens (tertiary/aromatic N) is 1. The van der Waals surface area contributed by atoms with E-state index < -0.39 is 12.0 Å². The number of hydrogen-bond donors (Lipinski definition) is 1. The molecule has 0 saturated carbocycles. The zero-order valence-electron chi connectivity index (χ0n) is 7.78. The molecule has 1 N–H and O–H groups in total. The van der Waals surface area contributed by atoms with Crippen LogP contribution in [0.4, 0.5) is 0 Å². The van der Waals surface area contributed by atoms with E-state index in [-0.39, 0.29) is 17.4 Å². The van der Waals surface area contributed by atoms with Gasteiger partial charge in [0.1, 0.15) is 6.04 Å². The number of aliphatic carboxylic acids is 1. The van der Waals surface area contributed by atoms with Crippen LogP contribution < -0.4 is 0 Å². The van der Waals surface area contributed by atoms with Crippen molar-refractivity contribution in [3.8, 4) is 0 Å². The zero-order chi connectivity index (χ0) is 9.80. The van der Waals surface area contributed by atoms with Gasteiger partial charge in [0, 0.05) is 12.5 Å². The molecular formula is C9H13NO3. The van der Waals surface area contributed by atoms with Crippen LogP contribution in [-0.2, 0) is 9.59 Å². The topological polar surface area (TPSA) is 57.6 Å². The van der Waals surface area contributed by atoms with E-state index in [1.165, 1.54) is 4.90 Å². The quantitative estimate of drug-likeness (QED) is 0.601. The minimum Gasteiger partial charge on any atom is -0.480 e. The zero-order valence-corrected chi connectivity index (χ0v) is 7.78. The third-order valence-corrected chi connectivity index (χ3v) is 3.11. The fourth-order valence-corrected chi connectivity index (χ4v) is 2.57. The highest BCUT2D eigenvalue weighted by Gasteiger charge is 2.57. The maximum absolute atomic E-state index is 11.2. The Morgan fingerprint density at radius 3 is 2.62 bits per heavy atom. The van der Waals surface area contributed by atoms with Crippen molar-refractivity contribution < 1.29 is 14.7 Å². The average molecular weight is 183 g/mol. The van der Waals surface area contributed by atoms with Gasteiger partial charge in [0.25, 0.3) is 0 Å². The fraction of sp³-hybridized carbons (Fsp3) is 0.778. The van der Waals surface area contributed by atoms with Crippen molar-refractivity contribution in [3.63, 3.8) is 0 Å². The molecule has 0 aliphatic carbocycles. The van der Waals surface area contributed by atoms with Crippen molar-refractivity contribution in [1.29, 1.82) is 0 Å². The van der Waals surface area contributed by atoms with Crippen molar-refractivity contribution in [3.05, 3.63) is 0 Å². The Morgan fingerprint density at radius 1 is 1.62 bits per heavy atom. The smallest absolute Gasteiger partial charge is 0.326 e. The Hall–Kier alpha value is -1.06. The van der Waals surface area contributed by atoms with Crippen molar-refractivity contribution in [2.45, 2.75) is 38.8 Å². The highest BCUT2D eigenvalue weighted by molar-refractivity contribution is 5.90. The molecule has 0 aromatic heterocycles. The first-order valence-corrected chi connectivity index (χ1v) is 4.47. The van der Waals surface area contributed by atoms with Gasteiger partial charge in [-0.3, -0.25) is 4.79 Å². The molecule has 0 unspecified atom stereocenters. The SMILES string of the molecule is CC1(C)C[C@@H]2CC(=O)N2[C@H]1C(=O)O. The number of amides is 1. The van der Waals surface area contributed by atoms with Crippen molar-refractivity contribution in [2.24, 2.45) is 5.41 Å². The van der Waals surface area contributed by atoms with Crippen LogP contribution in [-0.4, -0.2) is 34.0 Å². The number of carboxylic acids is 1. The molecule has 0 radical (unpaired) electrons. The first kappa shape index (κ1) is 8.53. The van der Waals surface area contributed by atoms with Crippen LogP contribution in [0, 0.1) is 5.41 Å². The summed E-state index contributed by atoms with van der Waals surface area (Å²) in [5.74, 6) is -0.886. The lowest BCUT2D eigenvalue weighted by Gasteiger charge is -2.37. The van der Waals surface area contributed by atoms with E-state index in [1.54, 1.807) is 0 Å². The van der Waals surface area contributed by atoms with Crippen LogP contribution in [0.2, 0.25) is 0 Å². The molecule has 2 saturated heterocycles. The van der Waals surface area contributed by atoms with Gasteiger partial charge < -0.3 is 10.0 Å². The third-order valence-electron chi connectivity index (χ3n) is 3.11. The lowest BCUT2D eigenvalue weighted by atomic mass is 9.84. The Balaban J connectivity index is 2.30. The molecule has 0 aromatic rings. The molecule has 0 bridgehead atoms. The molecule has 2 fully saturated rings. The number of β-lactam (4-membered cyclic amide) rings is 1. The molecule has 1 amide bonds. The van der Waals surface area contributed by atoms with E-state index in [1.807, 2.05) is 13.8 Å². The molecule has 2 aliphatic rings. The van der Waals surface area contributed by atoms with E-state index in [4.69, 9.17) is 5.11 Å². The summed E-state index contributed by atoms with van der Waals surface area (Å²) in [5.41, 5.74) is -0.275. The second-order valence-electron chi connectivity index (χ2n) is 4.59. The van der Waals surface area contributed by atoms with Gasteiger partial charge in [-0.05, 0) is 11.8 Å². The standard InChI is InChI=1S/C9H13NO3/c1-9(2)4-5-3-6(11)10(5)7(9)8(12)13/h5,7H,3-4H2,1-2H3,(H,12,13)/t5-,7-/m0/s1. The van der Waals surface area contributed by atoms with Gasteiger partial charge in [0.2, 0.25) is 5.91 Å². The van der Waals surface area contributed by atoms with E-state index in [0.29, 0.717) is 6.42 Å². The summed E-state index contributed by atoms with van der Waals surface area (Å²) < 4.78 is 0. The Kier molecular flexibility index (Phi) is 1.47. The maximum Gasteiger partial charge on any atom is 0.326 e. The summed E-state index contributed by atoms with van der Waals surface area (Å²) in [7, 11) is 0. The first-order chi connectivity index (χ1) is 5.93. The molecule has 2 heterocycles. The van der Waals surface area contributed by atoms with Gasteiger partial charge in [-0.25, -0.2) is 4.79 Å². The van der Waals surface area contributed by atoms with Gasteiger partial charge >= 0.3 is 5.97 Å². The molecule has 0 aromatic carbocycles. The number of fused-ring (bicyclic) bond motifs is 1. The van der Waals surface area contributed by atoms with E-state index in [0.717, 1.165) is 6.42 Å². The second-order valence-corrected chi connectivity index (χ2v) is 4.59. The molecule has 4 heteroatoms. The van der Waals surface area contributed by atoms with Crippen molar-refractivity contribution >= 4 is 11.9 Å². The molecule has 13 heavy (non-hydrogen) atoms. The van der Waals surface area contributed by atoms with Crippen LogP contribution in [0.3, 0.4) is 0 Å². The highest BCUT2D eigenvalue weighted by Crippen LogP contribution is 2.46. The molecule has 72 valence electrons. The Labute approximate surface area is 76.5 Å². The van der Waals surface area contributed by atoms with Gasteiger partial charge in [0.15, 0.2) is 0 Å². The Bertz CT molecular complexity index is 285. The fourth-order valence-electron chi connectivity index (χ4n) is 2.57. The lowest BCUT2D eigenvalue weighted by Crippen LogP contribution is -2.55. The summed E-state index contributed by atoms with van der Waals surface area (Å²) in [5, 5.41) is 8.99. The summed E-state index contributed by atoms with van der Waals surface area (Å²) in [6, 6.07) is -0.428. The predicted octanol–water partition coefficient (Wildman–Crippen LogP) is 0.470. The number of carboxylic acid groups (broad SMARTS) is 1. The number of rotatable bonds is 1. The van der Waals surface area contributed by atoms with E-state index in [9.17, 15) is 9.59 Å². The third kappa shape index (κ3) is 0.975. The molecule has 4 nitrogen and oxygen atoms in total. The van der Waals surface area contributed by atoms with Crippen molar-refractivity contribution in [2.75, 3.05) is 0 Å². The van der Waals surface area contributed by atoms with E-state index in [2.05, 4.69) is 0 Å². The summed E-state index contributed by atoms with van der Waals surface area (Å²) in [6.07, 6.45) is 1.35. The molecule has 2 rings (SSSR count). The first-order valence-electron chi connectivity index (χ1n) is 4.47. The van der Waals surface area contributed by atoms with Crippen LogP contribution in [0.1, 0.15) is 26.7 Å². The molecule has 2 atom stereocenters. The average Bonchev–Trinajstić information content (AvgIpc) is 2.18. The summed E-state index contributed by atoms with van der Waals surface area (Å²) >= 11 is 0. The van der Waals surface area contributed by atoms with Gasteiger partial charge in [-0.1, -0.05) is 13.8 Å². The normalized spacial score (nSPS) is 35.5. The molecular weight excluding hydrogens is 170 g/mol. The predicted molar refractivity (Wildman–Crippen MR) is 45.1 cm³/mol. The van der Waals surface area contributed by atoms with Gasteiger partial charge in [-0.15, -0.1) is 0 Å².